The molecule has 0 fully saturated rings. The van der Waals surface area contributed by atoms with Crippen LogP contribution >= 0.6 is 23.2 Å². The van der Waals surface area contributed by atoms with Gasteiger partial charge < -0.3 is 0 Å². The molecule has 1 aromatic rings. The third kappa shape index (κ3) is 2.09. The maximum absolute atomic E-state index is 10.3. The highest BCUT2D eigenvalue weighted by Gasteiger charge is 2.02. The minimum absolute atomic E-state index is 0.153. The number of hydrogen-bond donors (Lipinski definition) is 0. The average Bonchev–Trinajstić information content (AvgIpc) is 1.99. The van der Waals surface area contributed by atoms with E-state index in [-0.39, 0.29) is 6.61 Å². The lowest BCUT2D eigenvalue weighted by molar-refractivity contribution is 0.197. The molecular weight excluding hydrogens is 183 g/mol. The van der Waals surface area contributed by atoms with Crippen LogP contribution in [-0.2, 0) is 11.5 Å². The molecule has 1 nitrogen and oxygen atoms in total. The fourth-order valence-corrected chi connectivity index (χ4v) is 1.27. The van der Waals surface area contributed by atoms with E-state index in [1.807, 2.05) is 6.07 Å². The van der Waals surface area contributed by atoms with Gasteiger partial charge in [-0.25, -0.2) is 5.11 Å². The number of rotatable bonds is 2. The standard InChI is InChI=1S/C8H7Cl2O/c9-7-3-1-2-6(4-5-11)8(7)10/h1-3H,4-5H2. The number of hydrogen-bond acceptors (Lipinski definition) is 0. The van der Waals surface area contributed by atoms with E-state index in [1.165, 1.54) is 0 Å². The van der Waals surface area contributed by atoms with Crippen molar-refractivity contribution in [2.75, 3.05) is 6.61 Å². The molecule has 0 spiro atoms. The molecule has 0 aliphatic carbocycles. The van der Waals surface area contributed by atoms with Crippen LogP contribution in [0.25, 0.3) is 0 Å². The molecule has 0 aromatic heterocycles. The molecule has 11 heavy (non-hydrogen) atoms. The molecule has 0 unspecified atom stereocenters. The van der Waals surface area contributed by atoms with Crippen molar-refractivity contribution in [2.24, 2.45) is 0 Å². The Kier molecular flexibility index (Phi) is 3.18. The molecule has 0 heterocycles. The van der Waals surface area contributed by atoms with E-state index < -0.39 is 0 Å². The molecule has 0 bridgehead atoms. The van der Waals surface area contributed by atoms with Gasteiger partial charge in [-0.05, 0) is 11.6 Å². The van der Waals surface area contributed by atoms with Crippen LogP contribution in [0.3, 0.4) is 0 Å². The fourth-order valence-electron chi connectivity index (χ4n) is 0.851. The van der Waals surface area contributed by atoms with Gasteiger partial charge in [0.05, 0.1) is 16.7 Å². The van der Waals surface area contributed by atoms with Crippen LogP contribution < -0.4 is 0 Å². The highest BCUT2D eigenvalue weighted by molar-refractivity contribution is 6.42. The van der Waals surface area contributed by atoms with Crippen LogP contribution in [0.5, 0.6) is 0 Å². The average molecular weight is 190 g/mol. The van der Waals surface area contributed by atoms with E-state index in [2.05, 4.69) is 0 Å². The summed E-state index contributed by atoms with van der Waals surface area (Å²) in [6.45, 7) is -0.153. The number of benzene rings is 1. The monoisotopic (exact) mass is 189 g/mol. The molecule has 1 rings (SSSR count). The lowest BCUT2D eigenvalue weighted by Gasteiger charge is -2.01. The molecule has 1 aromatic carbocycles. The van der Waals surface area contributed by atoms with E-state index in [0.29, 0.717) is 16.5 Å². The SMILES string of the molecule is [O]CCc1cccc(Cl)c1Cl. The summed E-state index contributed by atoms with van der Waals surface area (Å²) in [5.41, 5.74) is 0.828. The summed E-state index contributed by atoms with van der Waals surface area (Å²) in [5, 5.41) is 11.3. The topological polar surface area (TPSA) is 19.9 Å². The summed E-state index contributed by atoms with van der Waals surface area (Å²) >= 11 is 11.5. The predicted molar refractivity (Wildman–Crippen MR) is 45.7 cm³/mol. The van der Waals surface area contributed by atoms with Crippen molar-refractivity contribution >= 4 is 23.2 Å². The summed E-state index contributed by atoms with van der Waals surface area (Å²) in [4.78, 5) is 0. The second-order valence-electron chi connectivity index (χ2n) is 2.17. The van der Waals surface area contributed by atoms with Crippen molar-refractivity contribution in [2.45, 2.75) is 6.42 Å². The van der Waals surface area contributed by atoms with Gasteiger partial charge in [-0.15, -0.1) is 0 Å². The molecule has 0 N–H and O–H groups in total. The molecule has 3 heteroatoms. The molecular formula is C8H7Cl2O. The minimum Gasteiger partial charge on any atom is -0.236 e. The third-order valence-corrected chi connectivity index (χ3v) is 2.26. The van der Waals surface area contributed by atoms with Crippen LogP contribution in [0, 0.1) is 0 Å². The molecule has 1 radical (unpaired) electrons. The smallest absolute Gasteiger partial charge is 0.0863 e. The molecule has 0 saturated heterocycles. The Morgan fingerprint density at radius 1 is 1.27 bits per heavy atom. The van der Waals surface area contributed by atoms with Crippen LogP contribution in [-0.4, -0.2) is 6.61 Å². The van der Waals surface area contributed by atoms with Gasteiger partial charge in [-0.2, -0.15) is 0 Å². The third-order valence-electron chi connectivity index (χ3n) is 1.40. The Bertz CT molecular complexity index is 248. The first-order valence-electron chi connectivity index (χ1n) is 3.26. The van der Waals surface area contributed by atoms with Crippen molar-refractivity contribution in [3.05, 3.63) is 33.8 Å². The van der Waals surface area contributed by atoms with Gasteiger partial charge >= 0.3 is 0 Å². The summed E-state index contributed by atoms with van der Waals surface area (Å²) in [6.07, 6.45) is 0.444. The first-order chi connectivity index (χ1) is 5.25. The van der Waals surface area contributed by atoms with Crippen molar-refractivity contribution in [1.29, 1.82) is 0 Å². The quantitative estimate of drug-likeness (QED) is 0.683. The van der Waals surface area contributed by atoms with Crippen molar-refractivity contribution in [1.82, 2.24) is 0 Å². The Labute approximate surface area is 75.6 Å². The van der Waals surface area contributed by atoms with Gasteiger partial charge in [0, 0.05) is 6.42 Å². The second-order valence-corrected chi connectivity index (χ2v) is 2.95. The highest BCUT2D eigenvalue weighted by Crippen LogP contribution is 2.25. The first-order valence-corrected chi connectivity index (χ1v) is 4.02. The van der Waals surface area contributed by atoms with Crippen LogP contribution in [0.4, 0.5) is 0 Å². The van der Waals surface area contributed by atoms with Crippen LogP contribution in [0.1, 0.15) is 5.56 Å². The van der Waals surface area contributed by atoms with Crippen LogP contribution in [0.2, 0.25) is 10.0 Å². The summed E-state index contributed by atoms with van der Waals surface area (Å²) < 4.78 is 0. The normalized spacial score (nSPS) is 10.1. The maximum Gasteiger partial charge on any atom is 0.0863 e. The predicted octanol–water partition coefficient (Wildman–Crippen LogP) is 2.97. The molecule has 0 aliphatic rings. The highest BCUT2D eigenvalue weighted by atomic mass is 35.5. The number of halogens is 2. The van der Waals surface area contributed by atoms with Gasteiger partial charge in [0.15, 0.2) is 0 Å². The Balaban J connectivity index is 2.96. The maximum atomic E-state index is 10.3. The molecule has 0 aliphatic heterocycles. The van der Waals surface area contributed by atoms with Crippen LogP contribution in [0.15, 0.2) is 18.2 Å². The largest absolute Gasteiger partial charge is 0.236 e. The molecule has 0 atom stereocenters. The zero-order chi connectivity index (χ0) is 8.27. The van der Waals surface area contributed by atoms with Gasteiger partial charge in [0.1, 0.15) is 0 Å². The lowest BCUT2D eigenvalue weighted by Crippen LogP contribution is -1.90. The Morgan fingerprint density at radius 3 is 2.64 bits per heavy atom. The summed E-state index contributed by atoms with van der Waals surface area (Å²) in [5.74, 6) is 0. The van der Waals surface area contributed by atoms with E-state index in [0.717, 1.165) is 5.56 Å². The lowest BCUT2D eigenvalue weighted by atomic mass is 10.2. The molecule has 59 valence electrons. The zero-order valence-corrected chi connectivity index (χ0v) is 7.32. The van der Waals surface area contributed by atoms with Gasteiger partial charge in [0.25, 0.3) is 0 Å². The van der Waals surface area contributed by atoms with E-state index >= 15 is 0 Å². The first kappa shape index (κ1) is 8.85. The Morgan fingerprint density at radius 2 is 2.00 bits per heavy atom. The van der Waals surface area contributed by atoms with E-state index in [9.17, 15) is 5.11 Å². The van der Waals surface area contributed by atoms with Crippen molar-refractivity contribution in [3.8, 4) is 0 Å². The summed E-state index contributed by atoms with van der Waals surface area (Å²) in [7, 11) is 0. The van der Waals surface area contributed by atoms with Gasteiger partial charge in [0.2, 0.25) is 0 Å². The minimum atomic E-state index is -0.153. The zero-order valence-electron chi connectivity index (χ0n) is 5.81. The molecule has 0 amide bonds. The Hall–Kier alpha value is -0.240. The fraction of sp³-hybridized carbons (Fsp3) is 0.250. The second kappa shape index (κ2) is 3.96. The molecule has 0 saturated carbocycles. The van der Waals surface area contributed by atoms with Crippen molar-refractivity contribution < 1.29 is 5.11 Å². The van der Waals surface area contributed by atoms with Gasteiger partial charge in [-0.1, -0.05) is 35.3 Å². The van der Waals surface area contributed by atoms with Crippen molar-refractivity contribution in [3.63, 3.8) is 0 Å². The van der Waals surface area contributed by atoms with E-state index in [4.69, 9.17) is 23.2 Å². The summed E-state index contributed by atoms with van der Waals surface area (Å²) in [6, 6.07) is 5.31. The van der Waals surface area contributed by atoms with E-state index in [1.54, 1.807) is 12.1 Å². The van der Waals surface area contributed by atoms with Gasteiger partial charge in [-0.3, -0.25) is 0 Å².